The highest BCUT2D eigenvalue weighted by Crippen LogP contribution is 2.18. The number of pyridine rings is 1. The number of rotatable bonds is 6. The second-order valence-corrected chi connectivity index (χ2v) is 4.96. The number of thioether (sulfide) groups is 1. The molecule has 5 heteroatoms. The average Bonchev–Trinajstić information content (AvgIpc) is 2.52. The summed E-state index contributed by atoms with van der Waals surface area (Å²) in [5.74, 6) is 2.39. The number of ether oxygens (including phenoxy) is 2. The Labute approximate surface area is 122 Å². The third-order valence-corrected chi connectivity index (χ3v) is 3.39. The second-order valence-electron chi connectivity index (χ2n) is 3.85. The van der Waals surface area contributed by atoms with Crippen LogP contribution in [0.15, 0.2) is 47.5 Å². The Balaban J connectivity index is 1.77. The highest BCUT2D eigenvalue weighted by Gasteiger charge is 1.99. The molecule has 0 unspecified atom stereocenters. The molecule has 2 aromatic rings. The van der Waals surface area contributed by atoms with Gasteiger partial charge in [-0.15, -0.1) is 11.8 Å². The van der Waals surface area contributed by atoms with Gasteiger partial charge in [-0.2, -0.15) is 5.26 Å². The Morgan fingerprint density at radius 2 is 1.90 bits per heavy atom. The molecule has 0 aliphatic carbocycles. The number of nitriles is 1. The smallest absolute Gasteiger partial charge is 0.141 e. The van der Waals surface area contributed by atoms with Gasteiger partial charge in [-0.25, -0.2) is 4.98 Å². The van der Waals surface area contributed by atoms with Crippen LogP contribution >= 0.6 is 11.8 Å². The molecule has 0 amide bonds. The van der Waals surface area contributed by atoms with Crippen molar-refractivity contribution >= 4 is 11.8 Å². The standard InChI is InChI=1S/C15H14N2O2S/c1-18-13-5-7-14(8-6-13)19-9-10-20-15-4-2-3-12(11-16)17-15/h2-8H,9-10H2,1H3. The molecule has 0 aliphatic heterocycles. The zero-order valence-corrected chi connectivity index (χ0v) is 11.9. The van der Waals surface area contributed by atoms with Crippen LogP contribution in [0.2, 0.25) is 0 Å². The molecule has 0 atom stereocenters. The van der Waals surface area contributed by atoms with Crippen LogP contribution < -0.4 is 9.47 Å². The fraction of sp³-hybridized carbons (Fsp3) is 0.200. The second kappa shape index (κ2) is 7.41. The van der Waals surface area contributed by atoms with E-state index in [1.807, 2.05) is 42.5 Å². The molecular weight excluding hydrogens is 272 g/mol. The Kier molecular flexibility index (Phi) is 5.27. The van der Waals surface area contributed by atoms with Gasteiger partial charge in [0.15, 0.2) is 0 Å². The van der Waals surface area contributed by atoms with Crippen LogP contribution in [0.3, 0.4) is 0 Å². The molecule has 1 aromatic heterocycles. The number of methoxy groups -OCH3 is 1. The maximum atomic E-state index is 8.77. The molecule has 0 bridgehead atoms. The van der Waals surface area contributed by atoms with Crippen LogP contribution in [-0.2, 0) is 0 Å². The molecule has 0 aliphatic rings. The third kappa shape index (κ3) is 4.18. The molecule has 2 rings (SSSR count). The van der Waals surface area contributed by atoms with E-state index in [0.717, 1.165) is 22.3 Å². The van der Waals surface area contributed by atoms with E-state index in [1.54, 1.807) is 24.9 Å². The monoisotopic (exact) mass is 286 g/mol. The van der Waals surface area contributed by atoms with E-state index in [0.29, 0.717) is 12.3 Å². The lowest BCUT2D eigenvalue weighted by Crippen LogP contribution is -2.00. The van der Waals surface area contributed by atoms with Gasteiger partial charge in [-0.3, -0.25) is 0 Å². The van der Waals surface area contributed by atoms with E-state index in [-0.39, 0.29) is 0 Å². The SMILES string of the molecule is COc1ccc(OCCSc2cccc(C#N)n2)cc1. The fourth-order valence-corrected chi connectivity index (χ4v) is 2.25. The molecule has 0 radical (unpaired) electrons. The number of hydrogen-bond donors (Lipinski definition) is 0. The topological polar surface area (TPSA) is 55.1 Å². The van der Waals surface area contributed by atoms with Crippen molar-refractivity contribution in [2.75, 3.05) is 19.5 Å². The minimum atomic E-state index is 0.436. The third-order valence-electron chi connectivity index (χ3n) is 2.50. The van der Waals surface area contributed by atoms with Crippen molar-refractivity contribution in [1.29, 1.82) is 5.26 Å². The molecule has 4 nitrogen and oxygen atoms in total. The molecule has 1 aromatic carbocycles. The number of aromatic nitrogens is 1. The van der Waals surface area contributed by atoms with Gasteiger partial charge in [0.25, 0.3) is 0 Å². The zero-order chi connectivity index (χ0) is 14.2. The first kappa shape index (κ1) is 14.2. The van der Waals surface area contributed by atoms with Crippen LogP contribution in [0.5, 0.6) is 11.5 Å². The molecule has 20 heavy (non-hydrogen) atoms. The first-order valence-electron chi connectivity index (χ1n) is 6.08. The summed E-state index contributed by atoms with van der Waals surface area (Å²) in [5.41, 5.74) is 0.436. The quantitative estimate of drug-likeness (QED) is 0.603. The van der Waals surface area contributed by atoms with E-state index < -0.39 is 0 Å². The molecular formula is C15H14N2O2S. The normalized spacial score (nSPS) is 9.80. The number of benzene rings is 1. The van der Waals surface area contributed by atoms with Gasteiger partial charge in [0, 0.05) is 5.75 Å². The van der Waals surface area contributed by atoms with E-state index in [4.69, 9.17) is 14.7 Å². The predicted octanol–water partition coefficient (Wildman–Crippen LogP) is 3.13. The number of hydrogen-bond acceptors (Lipinski definition) is 5. The van der Waals surface area contributed by atoms with Crippen LogP contribution in [0, 0.1) is 11.3 Å². The maximum Gasteiger partial charge on any atom is 0.141 e. The van der Waals surface area contributed by atoms with Crippen molar-refractivity contribution in [2.24, 2.45) is 0 Å². The van der Waals surface area contributed by atoms with E-state index in [1.165, 1.54) is 0 Å². The molecule has 102 valence electrons. The van der Waals surface area contributed by atoms with Gasteiger partial charge >= 0.3 is 0 Å². The number of nitrogens with zero attached hydrogens (tertiary/aromatic N) is 2. The lowest BCUT2D eigenvalue weighted by atomic mass is 10.3. The average molecular weight is 286 g/mol. The molecule has 0 N–H and O–H groups in total. The largest absolute Gasteiger partial charge is 0.497 e. The van der Waals surface area contributed by atoms with Gasteiger partial charge in [0.2, 0.25) is 0 Å². The summed E-state index contributed by atoms with van der Waals surface area (Å²) < 4.78 is 10.7. The minimum Gasteiger partial charge on any atom is -0.497 e. The summed E-state index contributed by atoms with van der Waals surface area (Å²) in [6.07, 6.45) is 0. The van der Waals surface area contributed by atoms with Gasteiger partial charge in [0.1, 0.15) is 23.3 Å². The van der Waals surface area contributed by atoms with E-state index in [2.05, 4.69) is 4.98 Å². The fourth-order valence-electron chi connectivity index (χ4n) is 1.54. The molecule has 0 spiro atoms. The van der Waals surface area contributed by atoms with Crippen molar-refractivity contribution < 1.29 is 9.47 Å². The van der Waals surface area contributed by atoms with E-state index >= 15 is 0 Å². The Morgan fingerprint density at radius 3 is 2.60 bits per heavy atom. The van der Waals surface area contributed by atoms with Gasteiger partial charge in [0.05, 0.1) is 18.7 Å². The first-order chi connectivity index (χ1) is 9.81. The highest BCUT2D eigenvalue weighted by molar-refractivity contribution is 7.99. The molecule has 0 saturated carbocycles. The molecule has 0 saturated heterocycles. The van der Waals surface area contributed by atoms with Crippen molar-refractivity contribution in [2.45, 2.75) is 5.03 Å². The van der Waals surface area contributed by atoms with Gasteiger partial charge in [-0.05, 0) is 36.4 Å². The summed E-state index contributed by atoms with van der Waals surface area (Å²) in [5, 5.41) is 9.60. The Bertz CT molecular complexity index is 594. The van der Waals surface area contributed by atoms with Crippen molar-refractivity contribution in [3.05, 3.63) is 48.2 Å². The predicted molar refractivity (Wildman–Crippen MR) is 78.2 cm³/mol. The highest BCUT2D eigenvalue weighted by atomic mass is 32.2. The maximum absolute atomic E-state index is 8.77. The van der Waals surface area contributed by atoms with Crippen molar-refractivity contribution in [3.63, 3.8) is 0 Å². The first-order valence-corrected chi connectivity index (χ1v) is 7.07. The van der Waals surface area contributed by atoms with Crippen molar-refractivity contribution in [1.82, 2.24) is 4.98 Å². The zero-order valence-electron chi connectivity index (χ0n) is 11.1. The summed E-state index contributed by atoms with van der Waals surface area (Å²) >= 11 is 1.56. The summed E-state index contributed by atoms with van der Waals surface area (Å²) in [6.45, 7) is 0.579. The van der Waals surface area contributed by atoms with Crippen LogP contribution in [0.1, 0.15) is 5.69 Å². The van der Waals surface area contributed by atoms with Crippen LogP contribution in [-0.4, -0.2) is 24.5 Å². The van der Waals surface area contributed by atoms with Gasteiger partial charge in [-0.1, -0.05) is 6.07 Å². The van der Waals surface area contributed by atoms with Gasteiger partial charge < -0.3 is 9.47 Å². The summed E-state index contributed by atoms with van der Waals surface area (Å²) in [7, 11) is 1.63. The Hall–Kier alpha value is -2.19. The molecule has 1 heterocycles. The summed E-state index contributed by atoms with van der Waals surface area (Å²) in [4.78, 5) is 4.19. The van der Waals surface area contributed by atoms with Crippen LogP contribution in [0.25, 0.3) is 0 Å². The Morgan fingerprint density at radius 1 is 1.15 bits per heavy atom. The van der Waals surface area contributed by atoms with E-state index in [9.17, 15) is 0 Å². The lowest BCUT2D eigenvalue weighted by molar-refractivity contribution is 0.342. The lowest BCUT2D eigenvalue weighted by Gasteiger charge is -2.06. The molecule has 0 fully saturated rings. The van der Waals surface area contributed by atoms with Crippen molar-refractivity contribution in [3.8, 4) is 17.6 Å². The summed E-state index contributed by atoms with van der Waals surface area (Å²) in [6, 6.07) is 14.9. The minimum absolute atomic E-state index is 0.436. The van der Waals surface area contributed by atoms with Crippen LogP contribution in [0.4, 0.5) is 0 Å².